The zero-order valence-corrected chi connectivity index (χ0v) is 13.1. The Bertz CT molecular complexity index is 514. The maximum absolute atomic E-state index is 12.4. The molecule has 2 amide bonds. The lowest BCUT2D eigenvalue weighted by Gasteiger charge is -2.31. The average Bonchev–Trinajstić information content (AvgIpc) is 3.02. The summed E-state index contributed by atoms with van der Waals surface area (Å²) in [6, 6.07) is 7.59. The van der Waals surface area contributed by atoms with Gasteiger partial charge in [0, 0.05) is 13.1 Å². The third kappa shape index (κ3) is 3.71. The first kappa shape index (κ1) is 15.2. The van der Waals surface area contributed by atoms with Crippen LogP contribution in [0, 0.1) is 0 Å². The molecule has 1 unspecified atom stereocenters. The van der Waals surface area contributed by atoms with E-state index in [0.29, 0.717) is 19.7 Å². The molecule has 2 fully saturated rings. The molecule has 1 aromatic rings. The highest BCUT2D eigenvalue weighted by Gasteiger charge is 2.23. The summed E-state index contributed by atoms with van der Waals surface area (Å²) < 4.78 is 11.5. The van der Waals surface area contributed by atoms with Crippen molar-refractivity contribution in [3.8, 4) is 5.75 Å². The third-order valence-electron chi connectivity index (χ3n) is 4.25. The molecule has 1 atom stereocenters. The number of anilines is 1. The Balaban J connectivity index is 1.64. The topological polar surface area (TPSA) is 50.8 Å². The molecule has 0 radical (unpaired) electrons. The van der Waals surface area contributed by atoms with Crippen LogP contribution in [0.2, 0.25) is 0 Å². The highest BCUT2D eigenvalue weighted by Crippen LogP contribution is 2.29. The number of amides is 2. The largest absolute Gasteiger partial charge is 0.488 e. The number of rotatable bonds is 3. The SMILES string of the molecule is CC1CN(C(=O)Nc2ccccc2OC2CCCC2)CCO1. The van der Waals surface area contributed by atoms with Crippen molar-refractivity contribution in [3.63, 3.8) is 0 Å². The van der Waals surface area contributed by atoms with E-state index in [1.54, 1.807) is 4.90 Å². The van der Waals surface area contributed by atoms with Crippen LogP contribution in [-0.2, 0) is 4.74 Å². The van der Waals surface area contributed by atoms with Gasteiger partial charge >= 0.3 is 6.03 Å². The van der Waals surface area contributed by atoms with Gasteiger partial charge in [0.15, 0.2) is 0 Å². The van der Waals surface area contributed by atoms with Gasteiger partial charge in [0.2, 0.25) is 0 Å². The molecule has 120 valence electrons. The molecule has 1 aliphatic carbocycles. The number of urea groups is 1. The van der Waals surface area contributed by atoms with Gasteiger partial charge in [-0.05, 0) is 44.7 Å². The second-order valence-electron chi connectivity index (χ2n) is 6.08. The first-order valence-corrected chi connectivity index (χ1v) is 8.15. The minimum atomic E-state index is -0.0855. The first-order chi connectivity index (χ1) is 10.7. The maximum Gasteiger partial charge on any atom is 0.322 e. The van der Waals surface area contributed by atoms with Crippen LogP contribution in [0.5, 0.6) is 5.75 Å². The Kier molecular flexibility index (Phi) is 4.83. The van der Waals surface area contributed by atoms with Crippen LogP contribution in [0.25, 0.3) is 0 Å². The molecule has 1 aliphatic heterocycles. The van der Waals surface area contributed by atoms with E-state index >= 15 is 0 Å². The van der Waals surface area contributed by atoms with Crippen molar-refractivity contribution in [2.45, 2.75) is 44.8 Å². The second-order valence-corrected chi connectivity index (χ2v) is 6.08. The number of morpholine rings is 1. The van der Waals surface area contributed by atoms with Gasteiger partial charge in [0.1, 0.15) is 5.75 Å². The molecule has 1 N–H and O–H groups in total. The molecule has 5 heteroatoms. The number of nitrogens with one attached hydrogen (secondary N) is 1. The number of carbonyl (C=O) groups excluding carboxylic acids is 1. The van der Waals surface area contributed by atoms with Gasteiger partial charge in [-0.2, -0.15) is 0 Å². The minimum Gasteiger partial charge on any atom is -0.488 e. The highest BCUT2D eigenvalue weighted by atomic mass is 16.5. The summed E-state index contributed by atoms with van der Waals surface area (Å²) in [6.07, 6.45) is 5.02. The predicted octanol–water partition coefficient (Wildman–Crippen LogP) is 3.26. The van der Waals surface area contributed by atoms with Crippen molar-refractivity contribution in [2.75, 3.05) is 25.0 Å². The van der Waals surface area contributed by atoms with Crippen LogP contribution in [0.4, 0.5) is 10.5 Å². The van der Waals surface area contributed by atoms with E-state index in [1.807, 2.05) is 31.2 Å². The fourth-order valence-electron chi connectivity index (χ4n) is 3.06. The van der Waals surface area contributed by atoms with Crippen molar-refractivity contribution >= 4 is 11.7 Å². The van der Waals surface area contributed by atoms with Gasteiger partial charge in [-0.15, -0.1) is 0 Å². The fraction of sp³-hybridized carbons (Fsp3) is 0.588. The number of para-hydroxylation sites is 2. The van der Waals surface area contributed by atoms with E-state index in [9.17, 15) is 4.79 Å². The zero-order chi connectivity index (χ0) is 15.4. The zero-order valence-electron chi connectivity index (χ0n) is 13.1. The van der Waals surface area contributed by atoms with Crippen LogP contribution in [0.15, 0.2) is 24.3 Å². The smallest absolute Gasteiger partial charge is 0.322 e. The van der Waals surface area contributed by atoms with Crippen molar-refractivity contribution < 1.29 is 14.3 Å². The predicted molar refractivity (Wildman–Crippen MR) is 85.3 cm³/mol. The highest BCUT2D eigenvalue weighted by molar-refractivity contribution is 5.91. The quantitative estimate of drug-likeness (QED) is 0.932. The Morgan fingerprint density at radius 2 is 2.09 bits per heavy atom. The summed E-state index contributed by atoms with van der Waals surface area (Å²) in [5, 5.41) is 2.98. The van der Waals surface area contributed by atoms with Crippen LogP contribution in [-0.4, -0.2) is 42.8 Å². The Morgan fingerprint density at radius 1 is 1.32 bits per heavy atom. The Morgan fingerprint density at radius 3 is 2.86 bits per heavy atom. The number of hydrogen-bond donors (Lipinski definition) is 1. The molecule has 5 nitrogen and oxygen atoms in total. The average molecular weight is 304 g/mol. The molecule has 1 heterocycles. The number of benzene rings is 1. The Hall–Kier alpha value is -1.75. The van der Waals surface area contributed by atoms with E-state index in [0.717, 1.165) is 24.3 Å². The summed E-state index contributed by atoms with van der Waals surface area (Å²) in [6.45, 7) is 3.82. The normalized spacial score (nSPS) is 22.6. The number of carbonyl (C=O) groups is 1. The van der Waals surface area contributed by atoms with Gasteiger partial charge < -0.3 is 19.7 Å². The molecule has 0 bridgehead atoms. The van der Waals surface area contributed by atoms with E-state index in [4.69, 9.17) is 9.47 Å². The second kappa shape index (κ2) is 7.01. The van der Waals surface area contributed by atoms with Gasteiger partial charge in [0.25, 0.3) is 0 Å². The maximum atomic E-state index is 12.4. The summed E-state index contributed by atoms with van der Waals surface area (Å²) >= 11 is 0. The van der Waals surface area contributed by atoms with Gasteiger partial charge in [-0.1, -0.05) is 12.1 Å². The van der Waals surface area contributed by atoms with Crippen LogP contribution in [0.1, 0.15) is 32.6 Å². The lowest BCUT2D eigenvalue weighted by atomic mass is 10.2. The van der Waals surface area contributed by atoms with E-state index < -0.39 is 0 Å². The molecule has 22 heavy (non-hydrogen) atoms. The van der Waals surface area contributed by atoms with Crippen molar-refractivity contribution in [1.29, 1.82) is 0 Å². The molecule has 1 aromatic carbocycles. The standard InChI is InChI=1S/C17H24N2O3/c1-13-12-19(10-11-21-13)17(20)18-15-8-4-5-9-16(15)22-14-6-2-3-7-14/h4-5,8-9,13-14H,2-3,6-7,10-12H2,1H3,(H,18,20). The van der Waals surface area contributed by atoms with Gasteiger partial charge in [0.05, 0.1) is 24.5 Å². The van der Waals surface area contributed by atoms with E-state index in [2.05, 4.69) is 5.32 Å². The molecule has 2 aliphatic rings. The van der Waals surface area contributed by atoms with Crippen molar-refractivity contribution in [1.82, 2.24) is 4.90 Å². The fourth-order valence-corrected chi connectivity index (χ4v) is 3.06. The van der Waals surface area contributed by atoms with E-state index in [-0.39, 0.29) is 18.2 Å². The molecule has 1 saturated heterocycles. The van der Waals surface area contributed by atoms with Crippen LogP contribution < -0.4 is 10.1 Å². The summed E-state index contributed by atoms with van der Waals surface area (Å²) in [5.41, 5.74) is 0.749. The van der Waals surface area contributed by atoms with Crippen molar-refractivity contribution in [3.05, 3.63) is 24.3 Å². The number of nitrogens with zero attached hydrogens (tertiary/aromatic N) is 1. The molecule has 1 saturated carbocycles. The molecular weight excluding hydrogens is 280 g/mol. The third-order valence-corrected chi connectivity index (χ3v) is 4.25. The summed E-state index contributed by atoms with van der Waals surface area (Å²) in [7, 11) is 0. The lowest BCUT2D eigenvalue weighted by molar-refractivity contribution is -0.00139. The van der Waals surface area contributed by atoms with E-state index in [1.165, 1.54) is 12.8 Å². The van der Waals surface area contributed by atoms with Crippen LogP contribution >= 0.6 is 0 Å². The molecular formula is C17H24N2O3. The van der Waals surface area contributed by atoms with Gasteiger partial charge in [-0.3, -0.25) is 0 Å². The first-order valence-electron chi connectivity index (χ1n) is 8.15. The Labute approximate surface area is 131 Å². The van der Waals surface area contributed by atoms with Crippen LogP contribution in [0.3, 0.4) is 0 Å². The molecule has 0 aromatic heterocycles. The summed E-state index contributed by atoms with van der Waals surface area (Å²) in [4.78, 5) is 14.2. The monoisotopic (exact) mass is 304 g/mol. The minimum absolute atomic E-state index is 0.0855. The van der Waals surface area contributed by atoms with Crippen molar-refractivity contribution in [2.24, 2.45) is 0 Å². The summed E-state index contributed by atoms with van der Waals surface area (Å²) in [5.74, 6) is 0.768. The lowest BCUT2D eigenvalue weighted by Crippen LogP contribution is -2.46. The molecule has 3 rings (SSSR count). The number of hydrogen-bond acceptors (Lipinski definition) is 3. The van der Waals surface area contributed by atoms with Gasteiger partial charge in [-0.25, -0.2) is 4.79 Å². The molecule has 0 spiro atoms. The number of ether oxygens (including phenoxy) is 2.